The van der Waals surface area contributed by atoms with Gasteiger partial charge in [-0.3, -0.25) is 13.7 Å². The molecule has 9 heteroatoms. The number of amides is 2. The van der Waals surface area contributed by atoms with E-state index in [-0.39, 0.29) is 6.03 Å². The van der Waals surface area contributed by atoms with Crippen LogP contribution in [0.2, 0.25) is 0 Å². The second-order valence-corrected chi connectivity index (χ2v) is 9.85. The second-order valence-electron chi connectivity index (χ2n) is 7.90. The predicted molar refractivity (Wildman–Crippen MR) is 124 cm³/mol. The maximum absolute atomic E-state index is 12.7. The molecule has 0 aromatic carbocycles. The number of piperidine rings is 1. The lowest BCUT2D eigenvalue weighted by atomic mass is 10.1. The van der Waals surface area contributed by atoms with Crippen molar-refractivity contribution in [2.75, 3.05) is 29.8 Å². The molecule has 7 nitrogen and oxygen atoms in total. The van der Waals surface area contributed by atoms with Crippen LogP contribution in [-0.4, -0.2) is 46.9 Å². The molecule has 2 aromatic rings. The zero-order chi connectivity index (χ0) is 21.0. The number of carbonyl (C=O) groups excluding carboxylic acids is 1. The number of aromatic nitrogens is 2. The van der Waals surface area contributed by atoms with Crippen LogP contribution in [0.1, 0.15) is 49.3 Å². The summed E-state index contributed by atoms with van der Waals surface area (Å²) >= 11 is 3.13. The topological polar surface area (TPSA) is 65.4 Å². The summed E-state index contributed by atoms with van der Waals surface area (Å²) in [6, 6.07) is 2.23. The Morgan fingerprint density at radius 3 is 2.86 bits per heavy atom. The number of nitrogens with one attached hydrogen (secondary N) is 2. The number of thiophene rings is 1. The molecule has 1 unspecified atom stereocenters. The van der Waals surface area contributed by atoms with E-state index in [9.17, 15) is 4.79 Å². The molecule has 2 N–H and O–H groups in total. The number of nitrogens with zero attached hydrogens (tertiary/aromatic N) is 4. The maximum atomic E-state index is 12.7. The first kappa shape index (κ1) is 22.0. The standard InChI is InChI=1S/C20H32N6OS2/c1-6-18-17(10-19(28-18)14(2)3)22-20(27)23-29-26(16-11-21-25(5)13-16)15-8-7-9-24(4)12-15/h10-11,13-15H,6-9,12H2,1-5H3,(H2,22,23,27). The monoisotopic (exact) mass is 436 g/mol. The molecule has 0 saturated carbocycles. The molecule has 1 fully saturated rings. The third kappa shape index (κ3) is 5.67. The molecule has 3 rings (SSSR count). The Morgan fingerprint density at radius 2 is 2.24 bits per heavy atom. The Balaban J connectivity index is 1.66. The summed E-state index contributed by atoms with van der Waals surface area (Å²) in [4.78, 5) is 17.5. The lowest BCUT2D eigenvalue weighted by molar-refractivity contribution is 0.253. The molecule has 0 radical (unpaired) electrons. The average Bonchev–Trinajstić information content (AvgIpc) is 3.28. The zero-order valence-electron chi connectivity index (χ0n) is 17.9. The van der Waals surface area contributed by atoms with Crippen LogP contribution in [0.4, 0.5) is 16.2 Å². The van der Waals surface area contributed by atoms with Crippen LogP contribution in [0.15, 0.2) is 18.5 Å². The van der Waals surface area contributed by atoms with Gasteiger partial charge in [0.05, 0.1) is 35.7 Å². The highest BCUT2D eigenvalue weighted by Gasteiger charge is 2.26. The number of hydrogen-bond acceptors (Lipinski definition) is 6. The van der Waals surface area contributed by atoms with Gasteiger partial charge < -0.3 is 10.2 Å². The van der Waals surface area contributed by atoms with Crippen molar-refractivity contribution in [3.05, 3.63) is 28.2 Å². The number of likely N-dealkylation sites (tertiary alicyclic amines) is 1. The maximum Gasteiger partial charge on any atom is 0.330 e. The summed E-state index contributed by atoms with van der Waals surface area (Å²) in [5.74, 6) is 0.461. The molecule has 1 aliphatic heterocycles. The molecule has 2 amide bonds. The van der Waals surface area contributed by atoms with Crippen LogP contribution in [0.3, 0.4) is 0 Å². The third-order valence-corrected chi connectivity index (χ3v) is 7.64. The number of hydrogen-bond donors (Lipinski definition) is 2. The molecule has 29 heavy (non-hydrogen) atoms. The quantitative estimate of drug-likeness (QED) is 0.628. The first-order valence-corrected chi connectivity index (χ1v) is 11.8. The van der Waals surface area contributed by atoms with Crippen LogP contribution in [0, 0.1) is 0 Å². The number of rotatable bonds is 7. The minimum Gasteiger partial charge on any atom is -0.306 e. The fourth-order valence-corrected chi connectivity index (χ4v) is 5.35. The molecular formula is C20H32N6OS2. The van der Waals surface area contributed by atoms with E-state index in [1.165, 1.54) is 21.9 Å². The number of anilines is 2. The smallest absolute Gasteiger partial charge is 0.306 e. The Morgan fingerprint density at radius 1 is 1.45 bits per heavy atom. The van der Waals surface area contributed by atoms with Crippen LogP contribution < -0.4 is 14.3 Å². The van der Waals surface area contributed by atoms with E-state index in [2.05, 4.69) is 58.2 Å². The van der Waals surface area contributed by atoms with E-state index in [1.54, 1.807) is 16.0 Å². The number of likely N-dealkylation sites (N-methyl/N-ethyl adjacent to an activating group) is 1. The molecule has 1 saturated heterocycles. The fraction of sp³-hybridized carbons (Fsp3) is 0.600. The van der Waals surface area contributed by atoms with Crippen LogP contribution in [-0.2, 0) is 13.5 Å². The fourth-order valence-electron chi connectivity index (χ4n) is 3.53. The van der Waals surface area contributed by atoms with Crippen molar-refractivity contribution in [2.24, 2.45) is 7.05 Å². The summed E-state index contributed by atoms with van der Waals surface area (Å²) < 4.78 is 6.95. The lowest BCUT2D eigenvalue weighted by Crippen LogP contribution is -2.45. The van der Waals surface area contributed by atoms with E-state index < -0.39 is 0 Å². The highest BCUT2D eigenvalue weighted by Crippen LogP contribution is 2.33. The van der Waals surface area contributed by atoms with Gasteiger partial charge in [0.15, 0.2) is 0 Å². The molecule has 160 valence electrons. The van der Waals surface area contributed by atoms with E-state index >= 15 is 0 Å². The van der Waals surface area contributed by atoms with Gasteiger partial charge in [-0.1, -0.05) is 20.8 Å². The van der Waals surface area contributed by atoms with E-state index in [0.29, 0.717) is 12.0 Å². The Kier molecular flexibility index (Phi) is 7.48. The highest BCUT2D eigenvalue weighted by atomic mass is 32.2. The third-order valence-electron chi connectivity index (χ3n) is 5.08. The lowest BCUT2D eigenvalue weighted by Gasteiger charge is -2.37. The molecule has 1 aliphatic rings. The summed E-state index contributed by atoms with van der Waals surface area (Å²) in [7, 11) is 4.06. The van der Waals surface area contributed by atoms with Crippen molar-refractivity contribution in [2.45, 2.75) is 52.0 Å². The van der Waals surface area contributed by atoms with Gasteiger partial charge >= 0.3 is 6.03 Å². The van der Waals surface area contributed by atoms with Gasteiger partial charge in [0.2, 0.25) is 0 Å². The molecule has 1 atom stereocenters. The first-order chi connectivity index (χ1) is 13.9. The summed E-state index contributed by atoms with van der Waals surface area (Å²) in [5, 5.41) is 7.35. The van der Waals surface area contributed by atoms with E-state index in [0.717, 1.165) is 43.7 Å². The van der Waals surface area contributed by atoms with Crippen molar-refractivity contribution >= 4 is 40.9 Å². The molecule has 0 bridgehead atoms. The normalized spacial score (nSPS) is 17.5. The first-order valence-electron chi connectivity index (χ1n) is 10.2. The van der Waals surface area contributed by atoms with Gasteiger partial charge in [-0.2, -0.15) is 5.10 Å². The van der Waals surface area contributed by atoms with E-state index in [1.807, 2.05) is 19.4 Å². The summed E-state index contributed by atoms with van der Waals surface area (Å²) in [6.45, 7) is 8.56. The molecule has 0 aliphatic carbocycles. The Bertz CT molecular complexity index is 818. The number of carbonyl (C=O) groups is 1. The number of urea groups is 1. The van der Waals surface area contributed by atoms with Crippen molar-refractivity contribution in [3.8, 4) is 0 Å². The van der Waals surface area contributed by atoms with Gasteiger partial charge in [0.25, 0.3) is 0 Å². The minimum atomic E-state index is -0.198. The van der Waals surface area contributed by atoms with Crippen molar-refractivity contribution in [1.29, 1.82) is 0 Å². The summed E-state index contributed by atoms with van der Waals surface area (Å²) in [6.07, 6.45) is 7.00. The average molecular weight is 437 g/mol. The van der Waals surface area contributed by atoms with Crippen molar-refractivity contribution in [1.82, 2.24) is 19.4 Å². The highest BCUT2D eigenvalue weighted by molar-refractivity contribution is 7.99. The molecule has 3 heterocycles. The van der Waals surface area contributed by atoms with Gasteiger partial charge in [0.1, 0.15) is 0 Å². The van der Waals surface area contributed by atoms with Crippen LogP contribution >= 0.6 is 23.5 Å². The second kappa shape index (κ2) is 9.86. The minimum absolute atomic E-state index is 0.198. The Hall–Kier alpha value is -1.71. The largest absolute Gasteiger partial charge is 0.330 e. The SMILES string of the molecule is CCc1sc(C(C)C)cc1NC(=O)NSN(c1cnn(C)c1)C1CCCN(C)C1. The predicted octanol–water partition coefficient (Wildman–Crippen LogP) is 4.45. The Labute approximate surface area is 182 Å². The van der Waals surface area contributed by atoms with Crippen LogP contribution in [0.25, 0.3) is 0 Å². The molecule has 2 aromatic heterocycles. The van der Waals surface area contributed by atoms with Gasteiger partial charge in [-0.15, -0.1) is 11.3 Å². The van der Waals surface area contributed by atoms with Crippen molar-refractivity contribution < 1.29 is 4.79 Å². The van der Waals surface area contributed by atoms with E-state index in [4.69, 9.17) is 0 Å². The van der Waals surface area contributed by atoms with Gasteiger partial charge in [-0.25, -0.2) is 4.79 Å². The van der Waals surface area contributed by atoms with Crippen molar-refractivity contribution in [3.63, 3.8) is 0 Å². The van der Waals surface area contributed by atoms with Gasteiger partial charge in [0, 0.05) is 29.5 Å². The number of aryl methyl sites for hydroxylation is 2. The summed E-state index contributed by atoms with van der Waals surface area (Å²) in [5.41, 5.74) is 1.93. The zero-order valence-corrected chi connectivity index (χ0v) is 19.6. The van der Waals surface area contributed by atoms with Gasteiger partial charge in [-0.05, 0) is 44.8 Å². The van der Waals surface area contributed by atoms with Crippen LogP contribution in [0.5, 0.6) is 0 Å². The molecule has 0 spiro atoms. The molecular weight excluding hydrogens is 404 g/mol.